The summed E-state index contributed by atoms with van der Waals surface area (Å²) >= 11 is 0. The van der Waals surface area contributed by atoms with Crippen molar-refractivity contribution in [1.82, 2.24) is 5.43 Å². The maximum Gasteiger partial charge on any atom is 0.119 e. The molecule has 3 N–H and O–H groups in total. The van der Waals surface area contributed by atoms with Crippen molar-refractivity contribution in [2.45, 2.75) is 18.6 Å². The lowest BCUT2D eigenvalue weighted by Gasteiger charge is -2.26. The minimum absolute atomic E-state index is 0.0236. The number of nitrogens with two attached hydrogens (primary N) is 1. The minimum Gasteiger partial charge on any atom is -0.497 e. The second-order valence-electron chi connectivity index (χ2n) is 4.90. The summed E-state index contributed by atoms with van der Waals surface area (Å²) in [4.78, 5) is 0. The van der Waals surface area contributed by atoms with E-state index in [9.17, 15) is 0 Å². The van der Waals surface area contributed by atoms with Gasteiger partial charge in [0.1, 0.15) is 5.75 Å². The molecule has 4 heteroatoms. The van der Waals surface area contributed by atoms with Gasteiger partial charge in [-0.1, -0.05) is 42.5 Å². The summed E-state index contributed by atoms with van der Waals surface area (Å²) in [5.74, 6) is 6.59. The first-order valence-corrected chi connectivity index (χ1v) is 6.95. The van der Waals surface area contributed by atoms with E-state index in [2.05, 4.69) is 11.5 Å². The van der Waals surface area contributed by atoms with Gasteiger partial charge in [0.2, 0.25) is 0 Å². The van der Waals surface area contributed by atoms with Crippen molar-refractivity contribution >= 4 is 0 Å². The van der Waals surface area contributed by atoms with Gasteiger partial charge in [-0.05, 0) is 29.7 Å². The molecule has 0 saturated carbocycles. The lowest BCUT2D eigenvalue weighted by Crippen LogP contribution is -2.42. The van der Waals surface area contributed by atoms with E-state index in [0.29, 0.717) is 0 Å². The zero-order valence-corrected chi connectivity index (χ0v) is 12.5. The first kappa shape index (κ1) is 15.5. The Labute approximate surface area is 125 Å². The smallest absolute Gasteiger partial charge is 0.119 e. The van der Waals surface area contributed by atoms with E-state index in [1.807, 2.05) is 48.5 Å². The third-order valence-corrected chi connectivity index (χ3v) is 3.55. The van der Waals surface area contributed by atoms with Crippen LogP contribution in [0.3, 0.4) is 0 Å². The van der Waals surface area contributed by atoms with E-state index in [-0.39, 0.29) is 12.1 Å². The molecule has 2 aromatic carbocycles. The minimum atomic E-state index is -0.109. The second-order valence-corrected chi connectivity index (χ2v) is 4.90. The molecule has 0 fully saturated rings. The molecule has 0 spiro atoms. The molecule has 0 amide bonds. The molecule has 2 rings (SSSR count). The Balaban J connectivity index is 2.17. The summed E-state index contributed by atoms with van der Waals surface area (Å²) in [5.41, 5.74) is 5.12. The number of hydrogen-bond donors (Lipinski definition) is 2. The molecule has 2 aromatic rings. The van der Waals surface area contributed by atoms with Gasteiger partial charge in [0.05, 0.1) is 19.3 Å². The molecule has 21 heavy (non-hydrogen) atoms. The molecule has 0 aliphatic heterocycles. The average molecular weight is 286 g/mol. The number of benzene rings is 2. The molecule has 0 aliphatic rings. The van der Waals surface area contributed by atoms with Crippen molar-refractivity contribution in [3.63, 3.8) is 0 Å². The highest BCUT2D eigenvalue weighted by Crippen LogP contribution is 2.23. The van der Waals surface area contributed by atoms with Crippen molar-refractivity contribution in [3.8, 4) is 5.75 Å². The van der Waals surface area contributed by atoms with Crippen LogP contribution in [0.1, 0.15) is 17.2 Å². The normalized spacial score (nSPS) is 13.7. The first-order chi connectivity index (χ1) is 10.3. The van der Waals surface area contributed by atoms with E-state index in [1.54, 1.807) is 14.2 Å². The third kappa shape index (κ3) is 4.04. The average Bonchev–Trinajstić information content (AvgIpc) is 2.55. The molecule has 0 aromatic heterocycles. The predicted octanol–water partition coefficient (Wildman–Crippen LogP) is 2.46. The van der Waals surface area contributed by atoms with Crippen LogP contribution in [0.4, 0.5) is 0 Å². The monoisotopic (exact) mass is 286 g/mol. The summed E-state index contributed by atoms with van der Waals surface area (Å²) in [6.45, 7) is 0. The van der Waals surface area contributed by atoms with Crippen LogP contribution in [0.5, 0.6) is 5.75 Å². The van der Waals surface area contributed by atoms with Gasteiger partial charge in [0.25, 0.3) is 0 Å². The fourth-order valence-electron chi connectivity index (χ4n) is 2.48. The number of hydrogen-bond acceptors (Lipinski definition) is 4. The third-order valence-electron chi connectivity index (χ3n) is 3.55. The zero-order valence-electron chi connectivity index (χ0n) is 12.5. The van der Waals surface area contributed by atoms with Gasteiger partial charge in [-0.25, -0.2) is 0 Å². The summed E-state index contributed by atoms with van der Waals surface area (Å²) in [5, 5.41) is 0. The Morgan fingerprint density at radius 3 is 2.43 bits per heavy atom. The fourth-order valence-corrected chi connectivity index (χ4v) is 2.48. The van der Waals surface area contributed by atoms with E-state index in [4.69, 9.17) is 15.3 Å². The molecule has 0 saturated heterocycles. The van der Waals surface area contributed by atoms with Crippen molar-refractivity contribution in [2.24, 2.45) is 5.84 Å². The van der Waals surface area contributed by atoms with Crippen molar-refractivity contribution in [2.75, 3.05) is 14.2 Å². The van der Waals surface area contributed by atoms with Gasteiger partial charge in [0, 0.05) is 7.11 Å². The highest BCUT2D eigenvalue weighted by molar-refractivity contribution is 5.29. The van der Waals surface area contributed by atoms with Gasteiger partial charge in [-0.3, -0.25) is 11.3 Å². The Morgan fingerprint density at radius 1 is 1.05 bits per heavy atom. The molecule has 112 valence electrons. The maximum absolute atomic E-state index is 5.74. The molecule has 4 nitrogen and oxygen atoms in total. The first-order valence-electron chi connectivity index (χ1n) is 6.95. The van der Waals surface area contributed by atoms with Gasteiger partial charge in [-0.15, -0.1) is 0 Å². The lowest BCUT2D eigenvalue weighted by atomic mass is 9.96. The number of methoxy groups -OCH3 is 2. The largest absolute Gasteiger partial charge is 0.497 e. The molecule has 2 atom stereocenters. The Kier molecular flexibility index (Phi) is 5.75. The topological polar surface area (TPSA) is 56.5 Å². The molecule has 0 bridgehead atoms. The SMILES string of the molecule is COc1cccc(CC(NN)C(OC)c2ccccc2)c1. The van der Waals surface area contributed by atoms with Crippen LogP contribution < -0.4 is 16.0 Å². The van der Waals surface area contributed by atoms with Gasteiger partial charge < -0.3 is 9.47 Å². The standard InChI is InChI=1S/C17H22N2O2/c1-20-15-10-6-7-13(11-15)12-16(19-18)17(21-2)14-8-4-3-5-9-14/h3-11,16-17,19H,12,18H2,1-2H3. The van der Waals surface area contributed by atoms with Crippen LogP contribution >= 0.6 is 0 Å². The number of rotatable bonds is 7. The maximum atomic E-state index is 5.74. The highest BCUT2D eigenvalue weighted by atomic mass is 16.5. The van der Waals surface area contributed by atoms with E-state index in [1.165, 1.54) is 0 Å². The molecular weight excluding hydrogens is 264 g/mol. The van der Waals surface area contributed by atoms with Crippen LogP contribution in [-0.4, -0.2) is 20.3 Å². The molecular formula is C17H22N2O2. The Morgan fingerprint density at radius 2 is 1.81 bits per heavy atom. The number of hydrazine groups is 1. The summed E-state index contributed by atoms with van der Waals surface area (Å²) < 4.78 is 10.9. The molecule has 0 heterocycles. The quantitative estimate of drug-likeness (QED) is 0.606. The molecule has 0 radical (unpaired) electrons. The van der Waals surface area contributed by atoms with Crippen molar-refractivity contribution in [3.05, 3.63) is 65.7 Å². The summed E-state index contributed by atoms with van der Waals surface area (Å²) in [7, 11) is 3.37. The van der Waals surface area contributed by atoms with Crippen LogP contribution in [0, 0.1) is 0 Å². The molecule has 0 aliphatic carbocycles. The lowest BCUT2D eigenvalue weighted by molar-refractivity contribution is 0.0678. The van der Waals surface area contributed by atoms with Crippen molar-refractivity contribution in [1.29, 1.82) is 0 Å². The van der Waals surface area contributed by atoms with Crippen LogP contribution in [0.25, 0.3) is 0 Å². The second kappa shape index (κ2) is 7.78. The van der Waals surface area contributed by atoms with Gasteiger partial charge >= 0.3 is 0 Å². The zero-order chi connectivity index (χ0) is 15.1. The van der Waals surface area contributed by atoms with Crippen LogP contribution in [-0.2, 0) is 11.2 Å². The fraction of sp³-hybridized carbons (Fsp3) is 0.294. The Hall–Kier alpha value is -1.88. The number of nitrogens with one attached hydrogen (secondary N) is 1. The summed E-state index contributed by atoms with van der Waals surface area (Å²) in [6, 6.07) is 18.0. The number of ether oxygens (including phenoxy) is 2. The van der Waals surface area contributed by atoms with Crippen LogP contribution in [0.15, 0.2) is 54.6 Å². The van der Waals surface area contributed by atoms with Crippen LogP contribution in [0.2, 0.25) is 0 Å². The van der Waals surface area contributed by atoms with Crippen molar-refractivity contribution < 1.29 is 9.47 Å². The Bertz CT molecular complexity index is 545. The van der Waals surface area contributed by atoms with Gasteiger partial charge in [0.15, 0.2) is 0 Å². The van der Waals surface area contributed by atoms with E-state index < -0.39 is 0 Å². The predicted molar refractivity (Wildman–Crippen MR) is 84.0 cm³/mol. The van der Waals surface area contributed by atoms with E-state index >= 15 is 0 Å². The summed E-state index contributed by atoms with van der Waals surface area (Å²) in [6.07, 6.45) is 0.642. The van der Waals surface area contributed by atoms with Gasteiger partial charge in [-0.2, -0.15) is 0 Å². The van der Waals surface area contributed by atoms with E-state index in [0.717, 1.165) is 23.3 Å². The highest BCUT2D eigenvalue weighted by Gasteiger charge is 2.22. The molecule has 2 unspecified atom stereocenters.